The summed E-state index contributed by atoms with van der Waals surface area (Å²) in [7, 11) is -3.85. The van der Waals surface area contributed by atoms with E-state index in [0.717, 1.165) is 4.90 Å². The molecular weight excluding hydrogens is 374 g/mol. The summed E-state index contributed by atoms with van der Waals surface area (Å²) in [6, 6.07) is 11.2. The minimum Gasteiger partial charge on any atom is -0.324 e. The lowest BCUT2D eigenvalue weighted by Crippen LogP contribution is -2.28. The van der Waals surface area contributed by atoms with Gasteiger partial charge in [-0.2, -0.15) is 0 Å². The molecule has 7 nitrogen and oxygen atoms in total. The lowest BCUT2D eigenvalue weighted by molar-refractivity contribution is -0.128. The first-order valence-electron chi connectivity index (χ1n) is 7.73. The van der Waals surface area contributed by atoms with E-state index in [1.807, 2.05) is 12.3 Å². The number of hydrogen-bond acceptors (Lipinski definition) is 5. The summed E-state index contributed by atoms with van der Waals surface area (Å²) in [5.41, 5.74) is 1.04. The fourth-order valence-corrected chi connectivity index (χ4v) is 3.94. The van der Waals surface area contributed by atoms with Gasteiger partial charge in [0.15, 0.2) is 0 Å². The van der Waals surface area contributed by atoms with Crippen LogP contribution in [0.5, 0.6) is 0 Å². The van der Waals surface area contributed by atoms with Gasteiger partial charge in [0.1, 0.15) is 5.92 Å². The van der Waals surface area contributed by atoms with Crippen LogP contribution in [0.4, 0.5) is 17.1 Å². The minimum absolute atomic E-state index is 0.0186. The van der Waals surface area contributed by atoms with Crippen molar-refractivity contribution in [1.82, 2.24) is 0 Å². The van der Waals surface area contributed by atoms with Crippen LogP contribution in [0.2, 0.25) is 0 Å². The molecule has 1 aliphatic heterocycles. The first-order chi connectivity index (χ1) is 12.3. The Balaban J connectivity index is 1.93. The molecule has 0 bridgehead atoms. The van der Waals surface area contributed by atoms with Crippen molar-refractivity contribution in [2.24, 2.45) is 5.92 Å². The predicted molar refractivity (Wildman–Crippen MR) is 102 cm³/mol. The second kappa shape index (κ2) is 7.00. The highest BCUT2D eigenvalue weighted by Gasteiger charge is 2.27. The number of nitrogens with one attached hydrogen (secondary N) is 3. The van der Waals surface area contributed by atoms with Crippen molar-refractivity contribution in [3.63, 3.8) is 0 Å². The van der Waals surface area contributed by atoms with Crippen molar-refractivity contribution in [2.45, 2.75) is 16.7 Å². The first kappa shape index (κ1) is 18.3. The second-order valence-corrected chi connectivity index (χ2v) is 8.31. The Kier molecular flexibility index (Phi) is 4.92. The molecule has 1 atom stereocenters. The van der Waals surface area contributed by atoms with Gasteiger partial charge in [-0.05, 0) is 49.6 Å². The van der Waals surface area contributed by atoms with Gasteiger partial charge >= 0.3 is 0 Å². The Bertz CT molecular complexity index is 989. The standard InChI is InChI=1S/C17H17N3O4S2/c1-10-16(21)18-14-7-6-13(9-15(14)19-17(10)22)26(23,24)20-11-4-3-5-12(8-11)25-2/h3-10,20H,1-2H3,(H,18,21)(H,19,22)/t10-/m0/s1. The zero-order valence-corrected chi connectivity index (χ0v) is 15.7. The number of sulfonamides is 1. The number of anilines is 3. The van der Waals surface area contributed by atoms with Gasteiger partial charge in [0.2, 0.25) is 11.8 Å². The van der Waals surface area contributed by atoms with Gasteiger partial charge < -0.3 is 10.6 Å². The van der Waals surface area contributed by atoms with E-state index in [1.54, 1.807) is 18.2 Å². The molecule has 136 valence electrons. The van der Waals surface area contributed by atoms with E-state index in [0.29, 0.717) is 11.4 Å². The molecule has 0 aromatic heterocycles. The number of fused-ring (bicyclic) bond motifs is 1. The van der Waals surface area contributed by atoms with Crippen LogP contribution in [-0.2, 0) is 19.6 Å². The average Bonchev–Trinajstić information content (AvgIpc) is 2.71. The molecule has 26 heavy (non-hydrogen) atoms. The van der Waals surface area contributed by atoms with Crippen molar-refractivity contribution in [1.29, 1.82) is 0 Å². The maximum absolute atomic E-state index is 12.7. The van der Waals surface area contributed by atoms with Crippen LogP contribution < -0.4 is 15.4 Å². The highest BCUT2D eigenvalue weighted by Crippen LogP contribution is 2.30. The highest BCUT2D eigenvalue weighted by atomic mass is 32.2. The lowest BCUT2D eigenvalue weighted by atomic mass is 10.1. The third-order valence-corrected chi connectivity index (χ3v) is 6.03. The van der Waals surface area contributed by atoms with Gasteiger partial charge in [0.05, 0.1) is 16.3 Å². The Hall–Kier alpha value is -2.52. The molecule has 3 N–H and O–H groups in total. The van der Waals surface area contributed by atoms with Crippen molar-refractivity contribution in [2.75, 3.05) is 21.6 Å². The molecule has 2 aromatic carbocycles. The van der Waals surface area contributed by atoms with Gasteiger partial charge in [0.25, 0.3) is 10.0 Å². The molecule has 0 radical (unpaired) electrons. The summed E-state index contributed by atoms with van der Waals surface area (Å²) < 4.78 is 27.8. The Morgan fingerprint density at radius 2 is 1.69 bits per heavy atom. The van der Waals surface area contributed by atoms with E-state index >= 15 is 0 Å². The topological polar surface area (TPSA) is 104 Å². The van der Waals surface area contributed by atoms with Gasteiger partial charge in [-0.1, -0.05) is 6.07 Å². The molecule has 0 aliphatic carbocycles. The van der Waals surface area contributed by atoms with Crippen molar-refractivity contribution >= 4 is 50.7 Å². The summed E-state index contributed by atoms with van der Waals surface area (Å²) in [5, 5.41) is 5.19. The third-order valence-electron chi connectivity index (χ3n) is 3.93. The van der Waals surface area contributed by atoms with Crippen molar-refractivity contribution in [3.05, 3.63) is 42.5 Å². The SMILES string of the molecule is CSc1cccc(NS(=O)(=O)c2ccc3c(c2)NC(=O)[C@@H](C)C(=O)N3)c1. The normalized spacial score (nSPS) is 16.9. The highest BCUT2D eigenvalue weighted by molar-refractivity contribution is 7.98. The number of amides is 2. The molecule has 0 unspecified atom stereocenters. The zero-order chi connectivity index (χ0) is 18.9. The molecule has 9 heteroatoms. The fraction of sp³-hybridized carbons (Fsp3) is 0.176. The van der Waals surface area contributed by atoms with Crippen LogP contribution in [0.25, 0.3) is 0 Å². The van der Waals surface area contributed by atoms with Gasteiger partial charge in [-0.3, -0.25) is 14.3 Å². The number of hydrogen-bond donors (Lipinski definition) is 3. The van der Waals surface area contributed by atoms with Crippen LogP contribution in [0.3, 0.4) is 0 Å². The van der Waals surface area contributed by atoms with Gasteiger partial charge in [-0.25, -0.2) is 8.42 Å². The van der Waals surface area contributed by atoms with E-state index < -0.39 is 27.8 Å². The van der Waals surface area contributed by atoms with E-state index in [2.05, 4.69) is 15.4 Å². The van der Waals surface area contributed by atoms with E-state index in [-0.39, 0.29) is 10.6 Å². The van der Waals surface area contributed by atoms with E-state index in [9.17, 15) is 18.0 Å². The number of carbonyl (C=O) groups excluding carboxylic acids is 2. The molecule has 0 spiro atoms. The molecule has 3 rings (SSSR count). The van der Waals surface area contributed by atoms with E-state index in [1.165, 1.54) is 36.9 Å². The molecule has 0 fully saturated rings. The van der Waals surface area contributed by atoms with Crippen LogP contribution in [0.1, 0.15) is 6.92 Å². The molecule has 0 saturated carbocycles. The summed E-state index contributed by atoms with van der Waals surface area (Å²) in [6.45, 7) is 1.48. The lowest BCUT2D eigenvalue weighted by Gasteiger charge is -2.12. The number of rotatable bonds is 4. The minimum atomic E-state index is -3.85. The van der Waals surface area contributed by atoms with Crippen molar-refractivity contribution < 1.29 is 18.0 Å². The molecule has 2 aromatic rings. The van der Waals surface area contributed by atoms with Crippen LogP contribution >= 0.6 is 11.8 Å². The summed E-state index contributed by atoms with van der Waals surface area (Å²) >= 11 is 1.50. The van der Waals surface area contributed by atoms with Crippen LogP contribution in [0.15, 0.2) is 52.3 Å². The fourth-order valence-electron chi connectivity index (χ4n) is 2.40. The quantitative estimate of drug-likeness (QED) is 0.549. The van der Waals surface area contributed by atoms with Crippen molar-refractivity contribution in [3.8, 4) is 0 Å². The smallest absolute Gasteiger partial charge is 0.261 e. The maximum atomic E-state index is 12.7. The number of benzene rings is 2. The van der Waals surface area contributed by atoms with E-state index in [4.69, 9.17) is 0 Å². The summed E-state index contributed by atoms with van der Waals surface area (Å²) in [4.78, 5) is 24.7. The zero-order valence-electron chi connectivity index (χ0n) is 14.1. The summed E-state index contributed by atoms with van der Waals surface area (Å²) in [5.74, 6) is -1.80. The first-order valence-corrected chi connectivity index (χ1v) is 10.4. The van der Waals surface area contributed by atoms with Gasteiger partial charge in [-0.15, -0.1) is 11.8 Å². The van der Waals surface area contributed by atoms with Gasteiger partial charge in [0, 0.05) is 10.6 Å². The molecule has 2 amide bonds. The predicted octanol–water partition coefficient (Wildman–Crippen LogP) is 2.74. The average molecular weight is 391 g/mol. The molecule has 0 saturated heterocycles. The molecule has 1 aliphatic rings. The number of thioether (sulfide) groups is 1. The maximum Gasteiger partial charge on any atom is 0.261 e. The molecular formula is C17H17N3O4S2. The third kappa shape index (κ3) is 3.68. The van der Waals surface area contributed by atoms with Crippen LogP contribution in [0, 0.1) is 5.92 Å². The largest absolute Gasteiger partial charge is 0.324 e. The van der Waals surface area contributed by atoms with Crippen LogP contribution in [-0.4, -0.2) is 26.5 Å². The second-order valence-electron chi connectivity index (χ2n) is 5.75. The molecule has 1 heterocycles. The Morgan fingerprint density at radius 1 is 1.00 bits per heavy atom. The Morgan fingerprint density at radius 3 is 2.38 bits per heavy atom. The Labute approximate surface area is 155 Å². The summed E-state index contributed by atoms with van der Waals surface area (Å²) in [6.07, 6.45) is 1.90. The monoisotopic (exact) mass is 391 g/mol. The number of carbonyl (C=O) groups is 2.